The van der Waals surface area contributed by atoms with Gasteiger partial charge in [0.1, 0.15) is 11.1 Å². The van der Waals surface area contributed by atoms with Crippen molar-refractivity contribution in [1.29, 1.82) is 0 Å². The molecule has 1 aromatic heterocycles. The number of hydrogen-bond acceptors (Lipinski definition) is 5. The zero-order valence-corrected chi connectivity index (χ0v) is 14.6. The number of nitrogens with one attached hydrogen (secondary N) is 1. The van der Waals surface area contributed by atoms with Gasteiger partial charge in [-0.3, -0.25) is 4.79 Å². The third-order valence-corrected chi connectivity index (χ3v) is 4.83. The van der Waals surface area contributed by atoms with Gasteiger partial charge in [0.15, 0.2) is 0 Å². The predicted octanol–water partition coefficient (Wildman–Crippen LogP) is 1.93. The number of fused-ring (bicyclic) bond motifs is 1. The number of benzene rings is 2. The molecule has 1 heterocycles. The molecule has 0 aliphatic heterocycles. The number of primary sulfonamides is 1. The second-order valence-electron chi connectivity index (χ2n) is 5.80. The highest BCUT2D eigenvalue weighted by Crippen LogP contribution is 2.18. The Balaban J connectivity index is 1.88. The van der Waals surface area contributed by atoms with Crippen LogP contribution in [0.4, 0.5) is 0 Å². The van der Waals surface area contributed by atoms with Crippen molar-refractivity contribution in [3.8, 4) is 0 Å². The number of amides is 1. The molecule has 1 amide bonds. The molecular weight excluding hydrogens is 356 g/mol. The minimum atomic E-state index is -3.85. The fourth-order valence-corrected chi connectivity index (χ4v) is 3.11. The van der Waals surface area contributed by atoms with Crippen molar-refractivity contribution < 1.29 is 17.6 Å². The highest BCUT2D eigenvalue weighted by atomic mass is 32.2. The van der Waals surface area contributed by atoms with E-state index >= 15 is 0 Å². The first-order valence-electron chi connectivity index (χ1n) is 7.72. The van der Waals surface area contributed by atoms with Crippen molar-refractivity contribution in [2.24, 2.45) is 5.14 Å². The average Bonchev–Trinajstić information content (AvgIpc) is 2.60. The molecule has 0 saturated carbocycles. The Morgan fingerprint density at radius 1 is 1.12 bits per heavy atom. The van der Waals surface area contributed by atoms with Crippen LogP contribution in [0.25, 0.3) is 11.0 Å². The summed E-state index contributed by atoms with van der Waals surface area (Å²) in [5, 5.41) is 8.41. The van der Waals surface area contributed by atoms with Crippen molar-refractivity contribution in [2.45, 2.75) is 17.9 Å². The Morgan fingerprint density at radius 3 is 2.58 bits per heavy atom. The largest absolute Gasteiger partial charge is 0.422 e. The summed E-state index contributed by atoms with van der Waals surface area (Å²) in [4.78, 5) is 24.5. The SMILES string of the molecule is CC(NC(=O)c1cc2ccccc2oc1=O)c1cccc(S(N)(=O)=O)c1. The maximum atomic E-state index is 12.5. The van der Waals surface area contributed by atoms with Gasteiger partial charge in [-0.25, -0.2) is 18.4 Å². The summed E-state index contributed by atoms with van der Waals surface area (Å²) < 4.78 is 28.1. The lowest BCUT2D eigenvalue weighted by Gasteiger charge is -2.15. The third kappa shape index (κ3) is 3.66. The van der Waals surface area contributed by atoms with Gasteiger partial charge in [-0.05, 0) is 36.8 Å². The Bertz CT molecular complexity index is 1150. The molecule has 0 aliphatic rings. The van der Waals surface area contributed by atoms with Crippen LogP contribution in [-0.2, 0) is 10.0 Å². The second-order valence-corrected chi connectivity index (χ2v) is 7.36. The van der Waals surface area contributed by atoms with E-state index in [1.807, 2.05) is 0 Å². The van der Waals surface area contributed by atoms with E-state index in [0.29, 0.717) is 16.5 Å². The minimum absolute atomic E-state index is 0.0543. The smallest absolute Gasteiger partial charge is 0.349 e. The zero-order valence-electron chi connectivity index (χ0n) is 13.8. The van der Waals surface area contributed by atoms with Gasteiger partial charge in [0.25, 0.3) is 5.91 Å². The van der Waals surface area contributed by atoms with Crippen LogP contribution in [0, 0.1) is 0 Å². The van der Waals surface area contributed by atoms with Crippen molar-refractivity contribution in [1.82, 2.24) is 5.32 Å². The fourth-order valence-electron chi connectivity index (χ4n) is 2.54. The highest BCUT2D eigenvalue weighted by Gasteiger charge is 2.18. The van der Waals surface area contributed by atoms with Crippen LogP contribution in [0.3, 0.4) is 0 Å². The molecule has 8 heteroatoms. The second kappa shape index (κ2) is 6.74. The first-order valence-corrected chi connectivity index (χ1v) is 9.27. The number of carbonyl (C=O) groups excluding carboxylic acids is 1. The predicted molar refractivity (Wildman–Crippen MR) is 96.2 cm³/mol. The number of carbonyl (C=O) groups is 1. The molecule has 0 fully saturated rings. The van der Waals surface area contributed by atoms with Crippen LogP contribution >= 0.6 is 0 Å². The Kier molecular flexibility index (Phi) is 4.62. The van der Waals surface area contributed by atoms with Crippen molar-refractivity contribution in [3.05, 3.63) is 76.1 Å². The molecule has 3 N–H and O–H groups in total. The Hall–Kier alpha value is -2.97. The molecule has 0 radical (unpaired) electrons. The van der Waals surface area contributed by atoms with E-state index in [2.05, 4.69) is 5.32 Å². The Morgan fingerprint density at radius 2 is 1.85 bits per heavy atom. The quantitative estimate of drug-likeness (QED) is 0.678. The van der Waals surface area contributed by atoms with Gasteiger partial charge in [0, 0.05) is 5.39 Å². The molecule has 26 heavy (non-hydrogen) atoms. The molecule has 2 aromatic carbocycles. The Labute approximate surface area is 149 Å². The van der Waals surface area contributed by atoms with Crippen molar-refractivity contribution in [3.63, 3.8) is 0 Å². The summed E-state index contributed by atoms with van der Waals surface area (Å²) in [5.74, 6) is -0.613. The molecule has 7 nitrogen and oxygen atoms in total. The lowest BCUT2D eigenvalue weighted by Crippen LogP contribution is -2.30. The van der Waals surface area contributed by atoms with Crippen LogP contribution in [-0.4, -0.2) is 14.3 Å². The van der Waals surface area contributed by atoms with E-state index in [4.69, 9.17) is 9.56 Å². The van der Waals surface area contributed by atoms with E-state index in [9.17, 15) is 18.0 Å². The molecule has 0 spiro atoms. The monoisotopic (exact) mass is 372 g/mol. The minimum Gasteiger partial charge on any atom is -0.422 e. The van der Waals surface area contributed by atoms with Crippen LogP contribution in [0.2, 0.25) is 0 Å². The standard InChI is InChI=1S/C18H16N2O5S/c1-11(12-6-4-7-14(9-12)26(19,23)24)20-17(21)15-10-13-5-2-3-8-16(13)25-18(15)22/h2-11H,1H3,(H,20,21)(H2,19,23,24). The van der Waals surface area contributed by atoms with E-state index in [0.717, 1.165) is 0 Å². The molecule has 134 valence electrons. The highest BCUT2D eigenvalue weighted by molar-refractivity contribution is 7.89. The summed E-state index contributed by atoms with van der Waals surface area (Å²) in [7, 11) is -3.85. The lowest BCUT2D eigenvalue weighted by molar-refractivity contribution is 0.0936. The first-order chi connectivity index (χ1) is 12.3. The normalized spacial score (nSPS) is 12.7. The number of rotatable bonds is 4. The summed E-state index contributed by atoms with van der Waals surface area (Å²) in [6.07, 6.45) is 0. The van der Waals surface area contributed by atoms with E-state index < -0.39 is 27.6 Å². The first kappa shape index (κ1) is 17.8. The molecule has 1 unspecified atom stereocenters. The molecule has 0 bridgehead atoms. The fraction of sp³-hybridized carbons (Fsp3) is 0.111. The lowest BCUT2D eigenvalue weighted by atomic mass is 10.1. The summed E-state index contributed by atoms with van der Waals surface area (Å²) in [5.41, 5.74) is 0.0582. The third-order valence-electron chi connectivity index (χ3n) is 3.92. The summed E-state index contributed by atoms with van der Waals surface area (Å²) in [6.45, 7) is 1.67. The number of sulfonamides is 1. The van der Waals surface area contributed by atoms with Gasteiger partial charge >= 0.3 is 5.63 Å². The molecular formula is C18H16N2O5S. The van der Waals surface area contributed by atoms with E-state index in [-0.39, 0.29) is 10.5 Å². The molecule has 1 atom stereocenters. The molecule has 0 aliphatic carbocycles. The van der Waals surface area contributed by atoms with Gasteiger partial charge in [-0.2, -0.15) is 0 Å². The maximum absolute atomic E-state index is 12.5. The topological polar surface area (TPSA) is 119 Å². The van der Waals surface area contributed by atoms with Crippen LogP contribution in [0.15, 0.2) is 68.7 Å². The van der Waals surface area contributed by atoms with Crippen LogP contribution < -0.4 is 16.1 Å². The van der Waals surface area contributed by atoms with E-state index in [1.165, 1.54) is 24.3 Å². The van der Waals surface area contributed by atoms with E-state index in [1.54, 1.807) is 37.3 Å². The molecule has 3 rings (SSSR count). The zero-order chi connectivity index (χ0) is 18.9. The van der Waals surface area contributed by atoms with Crippen LogP contribution in [0.5, 0.6) is 0 Å². The number of para-hydroxylation sites is 1. The van der Waals surface area contributed by atoms with Gasteiger partial charge in [-0.15, -0.1) is 0 Å². The van der Waals surface area contributed by atoms with Crippen LogP contribution in [0.1, 0.15) is 28.9 Å². The summed E-state index contributed by atoms with van der Waals surface area (Å²) >= 11 is 0. The van der Waals surface area contributed by atoms with Crippen molar-refractivity contribution >= 4 is 26.9 Å². The van der Waals surface area contributed by atoms with Gasteiger partial charge in [0.05, 0.1) is 10.9 Å². The molecule has 3 aromatic rings. The van der Waals surface area contributed by atoms with Gasteiger partial charge in [0.2, 0.25) is 10.0 Å². The number of hydrogen-bond donors (Lipinski definition) is 2. The van der Waals surface area contributed by atoms with Gasteiger partial charge < -0.3 is 9.73 Å². The average molecular weight is 372 g/mol. The number of nitrogens with two attached hydrogens (primary N) is 1. The summed E-state index contributed by atoms with van der Waals surface area (Å²) in [6, 6.07) is 13.7. The molecule has 0 saturated heterocycles. The van der Waals surface area contributed by atoms with Gasteiger partial charge in [-0.1, -0.05) is 30.3 Å². The maximum Gasteiger partial charge on any atom is 0.349 e. The van der Waals surface area contributed by atoms with Crippen molar-refractivity contribution in [2.75, 3.05) is 0 Å².